The molecule has 0 spiro atoms. The Balaban J connectivity index is 2.65. The highest BCUT2D eigenvalue weighted by Gasteiger charge is 2.28. The van der Waals surface area contributed by atoms with Gasteiger partial charge in [-0.05, 0) is 29.2 Å². The van der Waals surface area contributed by atoms with Crippen LogP contribution in [0, 0.1) is 17.8 Å². The van der Waals surface area contributed by atoms with Crippen LogP contribution >= 0.6 is 11.3 Å². The molecule has 3 N–H and O–H groups in total. The molecule has 1 rings (SSSR count). The highest BCUT2D eigenvalue weighted by atomic mass is 32.1. The van der Waals surface area contributed by atoms with Gasteiger partial charge in [-0.1, -0.05) is 47.6 Å². The second-order valence-corrected chi connectivity index (χ2v) is 8.85. The molecule has 1 aromatic heterocycles. The molecule has 8 heteroatoms. The zero-order valence-corrected chi connectivity index (χ0v) is 18.4. The van der Waals surface area contributed by atoms with E-state index in [0.717, 1.165) is 0 Å². The maximum atomic E-state index is 12.8. The van der Waals surface area contributed by atoms with Crippen molar-refractivity contribution < 1.29 is 19.1 Å². The summed E-state index contributed by atoms with van der Waals surface area (Å²) < 4.78 is 5.12. The molecule has 0 bridgehead atoms. The predicted octanol–water partition coefficient (Wildman–Crippen LogP) is 3.03. The largest absolute Gasteiger partial charge is 0.449 e. The molecule has 0 saturated carbocycles. The maximum Gasteiger partial charge on any atom is 0.407 e. The number of amides is 3. The van der Waals surface area contributed by atoms with Crippen LogP contribution in [0.3, 0.4) is 0 Å². The predicted molar refractivity (Wildman–Crippen MR) is 111 cm³/mol. The monoisotopic (exact) mass is 411 g/mol. The Morgan fingerprint density at radius 1 is 1.04 bits per heavy atom. The maximum absolute atomic E-state index is 12.8. The number of rotatable bonds is 10. The third kappa shape index (κ3) is 8.29. The minimum atomic E-state index is -0.714. The molecule has 1 heterocycles. The van der Waals surface area contributed by atoms with Crippen molar-refractivity contribution in [1.29, 1.82) is 0 Å². The standard InChI is InChI=1S/C20H33N3O4S/c1-12(2)11-27-20(26)23-17(14(5)6)19(25)22-15(13(3)4)10-21-18(24)16-8-7-9-28-16/h7-9,12-15,17H,10-11H2,1-6H3,(H,21,24)(H,22,25)(H,23,26). The van der Waals surface area contributed by atoms with E-state index in [-0.39, 0.29) is 35.6 Å². The van der Waals surface area contributed by atoms with Crippen molar-refractivity contribution >= 4 is 29.2 Å². The summed E-state index contributed by atoms with van der Waals surface area (Å²) in [6, 6.07) is 2.60. The summed E-state index contributed by atoms with van der Waals surface area (Å²) >= 11 is 1.37. The molecular formula is C20H33N3O4S. The molecule has 158 valence electrons. The third-order valence-electron chi connectivity index (χ3n) is 4.13. The number of hydrogen-bond donors (Lipinski definition) is 3. The molecule has 0 fully saturated rings. The summed E-state index contributed by atoms with van der Waals surface area (Å²) in [5.41, 5.74) is 0. The normalized spacial score (nSPS) is 13.3. The van der Waals surface area contributed by atoms with Crippen molar-refractivity contribution in [2.45, 2.75) is 53.6 Å². The van der Waals surface area contributed by atoms with E-state index < -0.39 is 12.1 Å². The molecular weight excluding hydrogens is 378 g/mol. The Bertz CT molecular complexity index is 629. The molecule has 28 heavy (non-hydrogen) atoms. The lowest BCUT2D eigenvalue weighted by molar-refractivity contribution is -0.125. The Morgan fingerprint density at radius 3 is 2.21 bits per heavy atom. The van der Waals surface area contributed by atoms with E-state index in [1.54, 1.807) is 6.07 Å². The molecule has 0 radical (unpaired) electrons. The topological polar surface area (TPSA) is 96.5 Å². The first-order chi connectivity index (χ1) is 13.1. The van der Waals surface area contributed by atoms with Crippen molar-refractivity contribution in [1.82, 2.24) is 16.0 Å². The highest BCUT2D eigenvalue weighted by Crippen LogP contribution is 2.09. The van der Waals surface area contributed by atoms with Crippen LogP contribution in [-0.4, -0.2) is 43.1 Å². The summed E-state index contributed by atoms with van der Waals surface area (Å²) in [6.07, 6.45) is -0.602. The van der Waals surface area contributed by atoms with E-state index >= 15 is 0 Å². The van der Waals surface area contributed by atoms with Gasteiger partial charge in [-0.3, -0.25) is 9.59 Å². The summed E-state index contributed by atoms with van der Waals surface area (Å²) in [5, 5.41) is 10.3. The van der Waals surface area contributed by atoms with Gasteiger partial charge in [-0.15, -0.1) is 11.3 Å². The summed E-state index contributed by atoms with van der Waals surface area (Å²) in [7, 11) is 0. The van der Waals surface area contributed by atoms with Crippen LogP contribution in [0.2, 0.25) is 0 Å². The van der Waals surface area contributed by atoms with E-state index in [1.807, 2.05) is 53.0 Å². The number of nitrogens with one attached hydrogen (secondary N) is 3. The number of carbonyl (C=O) groups excluding carboxylic acids is 3. The van der Waals surface area contributed by atoms with Crippen LogP contribution in [-0.2, 0) is 9.53 Å². The van der Waals surface area contributed by atoms with Crippen LogP contribution in [0.5, 0.6) is 0 Å². The van der Waals surface area contributed by atoms with Gasteiger partial charge in [0.15, 0.2) is 0 Å². The first-order valence-electron chi connectivity index (χ1n) is 9.67. The lowest BCUT2D eigenvalue weighted by Gasteiger charge is -2.27. The van der Waals surface area contributed by atoms with E-state index in [0.29, 0.717) is 18.0 Å². The zero-order valence-electron chi connectivity index (χ0n) is 17.6. The molecule has 3 amide bonds. The molecule has 0 aliphatic heterocycles. The molecule has 1 aromatic rings. The number of carbonyl (C=O) groups is 3. The summed E-state index contributed by atoms with van der Waals surface area (Å²) in [6.45, 7) is 12.1. The van der Waals surface area contributed by atoms with Crippen molar-refractivity contribution in [3.05, 3.63) is 22.4 Å². The first kappa shape index (κ1) is 23.9. The van der Waals surface area contributed by atoms with E-state index in [1.165, 1.54) is 11.3 Å². The second kappa shape index (κ2) is 11.7. The highest BCUT2D eigenvalue weighted by molar-refractivity contribution is 7.12. The zero-order chi connectivity index (χ0) is 21.3. The number of thiophene rings is 1. The van der Waals surface area contributed by atoms with Gasteiger partial charge < -0.3 is 20.7 Å². The lowest BCUT2D eigenvalue weighted by atomic mass is 10.0. The number of ether oxygens (including phenoxy) is 1. The third-order valence-corrected chi connectivity index (χ3v) is 5.00. The van der Waals surface area contributed by atoms with Gasteiger partial charge in [0, 0.05) is 12.6 Å². The van der Waals surface area contributed by atoms with Crippen LogP contribution in [0.1, 0.15) is 51.2 Å². The van der Waals surface area contributed by atoms with Gasteiger partial charge in [0.05, 0.1) is 11.5 Å². The summed E-state index contributed by atoms with van der Waals surface area (Å²) in [5.74, 6) is -0.242. The smallest absolute Gasteiger partial charge is 0.407 e. The number of alkyl carbamates (subject to hydrolysis) is 1. The minimum Gasteiger partial charge on any atom is -0.449 e. The van der Waals surface area contributed by atoms with Crippen LogP contribution in [0.15, 0.2) is 17.5 Å². The Hall–Kier alpha value is -2.09. The molecule has 0 saturated heterocycles. The van der Waals surface area contributed by atoms with Gasteiger partial charge in [0.1, 0.15) is 6.04 Å². The Kier molecular flexibility index (Phi) is 9.99. The fourth-order valence-corrected chi connectivity index (χ4v) is 3.01. The van der Waals surface area contributed by atoms with E-state index in [2.05, 4.69) is 16.0 Å². The average Bonchev–Trinajstić information content (AvgIpc) is 3.15. The van der Waals surface area contributed by atoms with Crippen LogP contribution in [0.4, 0.5) is 4.79 Å². The van der Waals surface area contributed by atoms with E-state index in [4.69, 9.17) is 4.74 Å². The van der Waals surface area contributed by atoms with Crippen molar-refractivity contribution in [2.24, 2.45) is 17.8 Å². The average molecular weight is 412 g/mol. The van der Waals surface area contributed by atoms with Gasteiger partial charge in [0.2, 0.25) is 5.91 Å². The molecule has 0 aliphatic carbocycles. The van der Waals surface area contributed by atoms with Crippen molar-refractivity contribution in [3.63, 3.8) is 0 Å². The summed E-state index contributed by atoms with van der Waals surface area (Å²) in [4.78, 5) is 37.5. The van der Waals surface area contributed by atoms with Crippen molar-refractivity contribution in [2.75, 3.05) is 13.2 Å². The van der Waals surface area contributed by atoms with Crippen LogP contribution < -0.4 is 16.0 Å². The molecule has 0 aromatic carbocycles. The molecule has 2 atom stereocenters. The van der Waals surface area contributed by atoms with Gasteiger partial charge in [-0.2, -0.15) is 0 Å². The Morgan fingerprint density at radius 2 is 1.71 bits per heavy atom. The van der Waals surface area contributed by atoms with Gasteiger partial charge >= 0.3 is 6.09 Å². The van der Waals surface area contributed by atoms with Gasteiger partial charge in [0.25, 0.3) is 5.91 Å². The first-order valence-corrected chi connectivity index (χ1v) is 10.5. The second-order valence-electron chi connectivity index (χ2n) is 7.90. The van der Waals surface area contributed by atoms with E-state index in [9.17, 15) is 14.4 Å². The van der Waals surface area contributed by atoms with Crippen LogP contribution in [0.25, 0.3) is 0 Å². The lowest BCUT2D eigenvalue weighted by Crippen LogP contribution is -2.55. The fourth-order valence-electron chi connectivity index (χ4n) is 2.37. The molecule has 2 unspecified atom stereocenters. The van der Waals surface area contributed by atoms with Gasteiger partial charge in [-0.25, -0.2) is 4.79 Å². The number of hydrogen-bond acceptors (Lipinski definition) is 5. The SMILES string of the molecule is CC(C)COC(=O)NC(C(=O)NC(CNC(=O)c1cccs1)C(C)C)C(C)C. The molecule has 0 aliphatic rings. The Labute approximate surface area is 171 Å². The quantitative estimate of drug-likeness (QED) is 0.551. The minimum absolute atomic E-state index is 0.105. The van der Waals surface area contributed by atoms with Crippen molar-refractivity contribution in [3.8, 4) is 0 Å². The fraction of sp³-hybridized carbons (Fsp3) is 0.650. The molecule has 7 nitrogen and oxygen atoms in total.